The molecule has 0 bridgehead atoms. The van der Waals surface area contributed by atoms with Gasteiger partial charge < -0.3 is 9.32 Å². The van der Waals surface area contributed by atoms with Crippen molar-refractivity contribution in [1.29, 1.82) is 0 Å². The van der Waals surface area contributed by atoms with Gasteiger partial charge in [-0.05, 0) is 79.8 Å². The summed E-state index contributed by atoms with van der Waals surface area (Å²) in [7, 11) is -2.10. The zero-order chi connectivity index (χ0) is 34.1. The van der Waals surface area contributed by atoms with Gasteiger partial charge in [0.1, 0.15) is 19.2 Å². The van der Waals surface area contributed by atoms with E-state index in [-0.39, 0.29) is 0 Å². The van der Waals surface area contributed by atoms with Crippen molar-refractivity contribution >= 4 is 68.2 Å². The maximum atomic E-state index is 6.39. The summed E-state index contributed by atoms with van der Waals surface area (Å²) in [5, 5.41) is 7.84. The highest BCUT2D eigenvalue weighted by atomic mass is 28.3. The number of rotatable bonds is 5. The first kappa shape index (κ1) is 29.7. The largest absolute Gasteiger partial charge is 0.456 e. The van der Waals surface area contributed by atoms with E-state index in [1.165, 1.54) is 65.3 Å². The topological polar surface area (TPSA) is 16.4 Å². The van der Waals surface area contributed by atoms with E-state index in [4.69, 9.17) is 4.42 Å². The van der Waals surface area contributed by atoms with E-state index in [1.807, 2.05) is 0 Å². The fourth-order valence-electron chi connectivity index (χ4n) is 8.46. The number of hydrogen-bond donors (Lipinski definition) is 0. The third-order valence-corrected chi connectivity index (χ3v) is 14.4. The van der Waals surface area contributed by atoms with E-state index in [9.17, 15) is 0 Å². The van der Waals surface area contributed by atoms with Crippen LogP contribution in [0.5, 0.6) is 0 Å². The molecular weight excluding hydrogens is 635 g/mol. The minimum absolute atomic E-state index is 0.944. The monoisotopic (exact) mass is 669 g/mol. The summed E-state index contributed by atoms with van der Waals surface area (Å²) in [6.45, 7) is 5.00. The zero-order valence-electron chi connectivity index (χ0n) is 28.6. The van der Waals surface area contributed by atoms with Gasteiger partial charge in [0, 0.05) is 27.6 Å². The van der Waals surface area contributed by atoms with Crippen LogP contribution in [-0.2, 0) is 0 Å². The number of hydrogen-bond acceptors (Lipinski definition) is 2. The highest BCUT2D eigenvalue weighted by Gasteiger charge is 2.40. The number of benzene rings is 8. The minimum atomic E-state index is -2.10. The molecule has 3 heteroatoms. The number of para-hydroxylation sites is 3. The predicted molar refractivity (Wildman–Crippen MR) is 219 cm³/mol. The maximum absolute atomic E-state index is 6.39. The third kappa shape index (κ3) is 4.55. The van der Waals surface area contributed by atoms with Gasteiger partial charge in [-0.25, -0.2) is 0 Å². The highest BCUT2D eigenvalue weighted by Crippen LogP contribution is 2.47. The van der Waals surface area contributed by atoms with Gasteiger partial charge in [0.2, 0.25) is 0 Å². The molecule has 2 nitrogen and oxygen atoms in total. The fourth-order valence-corrected chi connectivity index (χ4v) is 11.5. The SMILES string of the molecule is C[Si]1(C)c2cc(N(c3ccccc3-c3ccccc3)c3ccccc3-c3cccc4ccccc34)ccc2-c2c1ccc1oc3ccccc3c21. The molecule has 0 N–H and O–H groups in total. The smallest absolute Gasteiger partial charge is 0.136 e. The predicted octanol–water partition coefficient (Wildman–Crippen LogP) is 12.3. The van der Waals surface area contributed by atoms with Crippen molar-refractivity contribution in [2.75, 3.05) is 4.90 Å². The Kier molecular flexibility index (Phi) is 6.67. The first-order valence-electron chi connectivity index (χ1n) is 17.7. The lowest BCUT2D eigenvalue weighted by molar-refractivity contribution is 0.669. The Morgan fingerprint density at radius 3 is 1.94 bits per heavy atom. The van der Waals surface area contributed by atoms with Crippen LogP contribution in [0.2, 0.25) is 13.1 Å². The van der Waals surface area contributed by atoms with E-state index in [0.717, 1.165) is 28.2 Å². The van der Waals surface area contributed by atoms with Crippen LogP contribution in [0.15, 0.2) is 180 Å². The van der Waals surface area contributed by atoms with Crippen molar-refractivity contribution in [3.05, 3.63) is 176 Å². The van der Waals surface area contributed by atoms with Crippen molar-refractivity contribution < 1.29 is 4.42 Å². The third-order valence-electron chi connectivity index (χ3n) is 10.9. The summed E-state index contributed by atoms with van der Waals surface area (Å²) in [5.41, 5.74) is 12.8. The molecule has 0 radical (unpaired) electrons. The summed E-state index contributed by atoms with van der Waals surface area (Å²) >= 11 is 0. The number of nitrogens with zero attached hydrogens (tertiary/aromatic N) is 1. The molecule has 0 unspecified atom stereocenters. The Labute approximate surface area is 298 Å². The van der Waals surface area contributed by atoms with Gasteiger partial charge in [0.15, 0.2) is 0 Å². The molecule has 51 heavy (non-hydrogen) atoms. The Balaban J connectivity index is 1.24. The Morgan fingerprint density at radius 1 is 0.451 bits per heavy atom. The van der Waals surface area contributed by atoms with Crippen molar-refractivity contribution in [3.8, 4) is 33.4 Å². The van der Waals surface area contributed by atoms with Crippen LogP contribution in [0.4, 0.5) is 17.1 Å². The van der Waals surface area contributed by atoms with Crippen LogP contribution >= 0.6 is 0 Å². The molecule has 0 saturated carbocycles. The van der Waals surface area contributed by atoms with Crippen LogP contribution < -0.4 is 15.3 Å². The number of furan rings is 1. The molecule has 9 aromatic rings. The molecule has 0 aliphatic carbocycles. The quantitative estimate of drug-likeness (QED) is 0.170. The van der Waals surface area contributed by atoms with Gasteiger partial charge in [-0.1, -0.05) is 153 Å². The van der Waals surface area contributed by atoms with Gasteiger partial charge >= 0.3 is 0 Å². The second-order valence-corrected chi connectivity index (χ2v) is 18.4. The van der Waals surface area contributed by atoms with Crippen molar-refractivity contribution in [1.82, 2.24) is 0 Å². The van der Waals surface area contributed by atoms with Crippen LogP contribution in [0.3, 0.4) is 0 Å². The second-order valence-electron chi connectivity index (χ2n) is 14.1. The second kappa shape index (κ2) is 11.4. The molecule has 0 fully saturated rings. The molecule has 2 heterocycles. The van der Waals surface area contributed by atoms with Gasteiger partial charge in [-0.2, -0.15) is 0 Å². The molecule has 1 aliphatic rings. The average molecular weight is 670 g/mol. The van der Waals surface area contributed by atoms with Crippen LogP contribution in [0, 0.1) is 0 Å². The van der Waals surface area contributed by atoms with Crippen LogP contribution in [0.1, 0.15) is 0 Å². The molecule has 0 atom stereocenters. The van der Waals surface area contributed by atoms with E-state index in [2.05, 4.69) is 194 Å². The van der Waals surface area contributed by atoms with Gasteiger partial charge in [0.05, 0.1) is 11.4 Å². The summed E-state index contributed by atoms with van der Waals surface area (Å²) in [5.74, 6) is 0. The molecule has 0 spiro atoms. The van der Waals surface area contributed by atoms with Crippen molar-refractivity contribution in [2.45, 2.75) is 13.1 Å². The average Bonchev–Trinajstić information content (AvgIpc) is 3.67. The molecule has 0 amide bonds. The van der Waals surface area contributed by atoms with Gasteiger partial charge in [-0.15, -0.1) is 0 Å². The van der Waals surface area contributed by atoms with E-state index >= 15 is 0 Å². The maximum Gasteiger partial charge on any atom is 0.136 e. The summed E-state index contributed by atoms with van der Waals surface area (Å²) < 4.78 is 6.39. The first-order valence-corrected chi connectivity index (χ1v) is 20.7. The molecule has 1 aromatic heterocycles. The zero-order valence-corrected chi connectivity index (χ0v) is 29.6. The van der Waals surface area contributed by atoms with Crippen molar-refractivity contribution in [2.24, 2.45) is 0 Å². The standard InChI is InChI=1S/C48H35NOSi/c1-51(2)45-30-29-44-47(39-22-10-13-26-43(39)50-44)48(45)40-28-27-34(31-46(40)51)49(41-24-11-8-20-36(41)33-15-4-3-5-16-33)42-25-12-9-21-38(42)37-23-14-18-32-17-6-7-19-35(32)37/h3-31H,1-2H3. The highest BCUT2D eigenvalue weighted by molar-refractivity contribution is 7.04. The van der Waals surface area contributed by atoms with Gasteiger partial charge in [0.25, 0.3) is 0 Å². The lowest BCUT2D eigenvalue weighted by atomic mass is 9.95. The summed E-state index contributed by atoms with van der Waals surface area (Å²) in [6.07, 6.45) is 0. The first-order chi connectivity index (χ1) is 25.1. The Bertz CT molecular complexity index is 2790. The molecular formula is C48H35NOSi. The lowest BCUT2D eigenvalue weighted by Crippen LogP contribution is -2.49. The van der Waals surface area contributed by atoms with Crippen molar-refractivity contribution in [3.63, 3.8) is 0 Å². The normalized spacial score (nSPS) is 13.1. The molecule has 8 aromatic carbocycles. The Morgan fingerprint density at radius 2 is 1.10 bits per heavy atom. The molecule has 242 valence electrons. The minimum Gasteiger partial charge on any atom is -0.456 e. The van der Waals surface area contributed by atoms with Crippen LogP contribution in [0.25, 0.3) is 66.1 Å². The van der Waals surface area contributed by atoms with E-state index < -0.39 is 8.07 Å². The summed E-state index contributed by atoms with van der Waals surface area (Å²) in [6, 6.07) is 64.0. The lowest BCUT2D eigenvalue weighted by Gasteiger charge is -2.31. The molecule has 10 rings (SSSR count). The molecule has 0 saturated heterocycles. The number of anilines is 3. The van der Waals surface area contributed by atoms with E-state index in [1.54, 1.807) is 0 Å². The fraction of sp³-hybridized carbons (Fsp3) is 0.0417. The number of fused-ring (bicyclic) bond motifs is 8. The van der Waals surface area contributed by atoms with Gasteiger partial charge in [-0.3, -0.25) is 0 Å². The van der Waals surface area contributed by atoms with Crippen LogP contribution in [-0.4, -0.2) is 8.07 Å². The Hall–Kier alpha value is -6.16. The molecule has 1 aliphatic heterocycles. The summed E-state index contributed by atoms with van der Waals surface area (Å²) in [4.78, 5) is 2.50. The van der Waals surface area contributed by atoms with E-state index in [0.29, 0.717) is 0 Å².